The van der Waals surface area contributed by atoms with Crippen molar-refractivity contribution in [1.29, 1.82) is 0 Å². The zero-order valence-corrected chi connectivity index (χ0v) is 13.5. The third-order valence-corrected chi connectivity index (χ3v) is 5.63. The molecule has 0 saturated carbocycles. The number of pyridine rings is 1. The van der Waals surface area contributed by atoms with Crippen LogP contribution in [0.5, 0.6) is 0 Å². The zero-order chi connectivity index (χ0) is 14.8. The summed E-state index contributed by atoms with van der Waals surface area (Å²) in [6, 6.07) is 2.10. The average molecular weight is 344 g/mol. The van der Waals surface area contributed by atoms with Crippen molar-refractivity contribution in [2.45, 2.75) is 24.0 Å². The van der Waals surface area contributed by atoms with Gasteiger partial charge in [-0.05, 0) is 24.7 Å². The lowest BCUT2D eigenvalue weighted by Gasteiger charge is -2.24. The van der Waals surface area contributed by atoms with Gasteiger partial charge in [-0.1, -0.05) is 23.4 Å². The molecule has 2 aromatic rings. The maximum Gasteiger partial charge on any atom is 0.313 e. The van der Waals surface area contributed by atoms with Crippen molar-refractivity contribution in [3.8, 4) is 0 Å². The first-order valence-electron chi connectivity index (χ1n) is 6.61. The van der Waals surface area contributed by atoms with E-state index in [0.717, 1.165) is 34.9 Å². The van der Waals surface area contributed by atoms with E-state index in [0.29, 0.717) is 11.1 Å². The maximum absolute atomic E-state index is 10.8. The van der Waals surface area contributed by atoms with Crippen LogP contribution >= 0.6 is 35.1 Å². The van der Waals surface area contributed by atoms with Gasteiger partial charge in [-0.2, -0.15) is 11.8 Å². The third-order valence-electron chi connectivity index (χ3n) is 3.29. The Morgan fingerprint density at radius 1 is 1.62 bits per heavy atom. The molecule has 0 spiro atoms. The van der Waals surface area contributed by atoms with Crippen molar-refractivity contribution in [3.05, 3.63) is 17.3 Å². The van der Waals surface area contributed by atoms with Crippen molar-refractivity contribution in [2.24, 2.45) is 0 Å². The van der Waals surface area contributed by atoms with Crippen LogP contribution in [-0.2, 0) is 4.79 Å². The van der Waals surface area contributed by atoms with Gasteiger partial charge in [0.15, 0.2) is 10.8 Å². The number of fused-ring (bicyclic) bond motifs is 1. The van der Waals surface area contributed by atoms with Gasteiger partial charge in [0, 0.05) is 18.0 Å². The lowest BCUT2D eigenvalue weighted by Crippen LogP contribution is -2.17. The van der Waals surface area contributed by atoms with E-state index in [1.165, 1.54) is 17.5 Å². The number of hydrogen-bond acceptors (Lipinski definition) is 5. The Bertz CT molecular complexity index is 671. The summed E-state index contributed by atoms with van der Waals surface area (Å²) >= 11 is 9.14. The van der Waals surface area contributed by atoms with E-state index in [-0.39, 0.29) is 5.75 Å². The highest BCUT2D eigenvalue weighted by atomic mass is 35.5. The number of aromatic nitrogens is 3. The molecule has 1 N–H and O–H groups in total. The van der Waals surface area contributed by atoms with Crippen LogP contribution < -0.4 is 0 Å². The number of nitrogens with zero attached hydrogens (tertiary/aromatic N) is 3. The maximum atomic E-state index is 10.8. The molecule has 0 aromatic carbocycles. The minimum absolute atomic E-state index is 0.00306. The van der Waals surface area contributed by atoms with Crippen LogP contribution in [0.1, 0.15) is 18.9 Å². The molecular formula is C13H14ClN3O2S2. The highest BCUT2D eigenvalue weighted by molar-refractivity contribution is 8.00. The minimum Gasteiger partial charge on any atom is -0.481 e. The summed E-state index contributed by atoms with van der Waals surface area (Å²) in [5, 5.41) is 10.2. The summed E-state index contributed by atoms with van der Waals surface area (Å²) < 4.78 is 2.09. The Balaban J connectivity index is 2.03. The normalized spacial score (nSPS) is 19.0. The van der Waals surface area contributed by atoms with Crippen LogP contribution in [0.3, 0.4) is 0 Å². The number of carboxylic acid groups (broad SMARTS) is 1. The van der Waals surface area contributed by atoms with E-state index in [1.54, 1.807) is 12.3 Å². The van der Waals surface area contributed by atoms with E-state index in [4.69, 9.17) is 16.7 Å². The van der Waals surface area contributed by atoms with Gasteiger partial charge >= 0.3 is 5.97 Å². The second-order valence-corrected chi connectivity index (χ2v) is 7.34. The van der Waals surface area contributed by atoms with Crippen LogP contribution in [0.4, 0.5) is 0 Å². The molecular weight excluding hydrogens is 330 g/mol. The van der Waals surface area contributed by atoms with Crippen LogP contribution in [0.2, 0.25) is 5.02 Å². The summed E-state index contributed by atoms with van der Waals surface area (Å²) in [6.07, 6.45) is 3.85. The molecule has 112 valence electrons. The second kappa shape index (κ2) is 6.46. The van der Waals surface area contributed by atoms with Crippen LogP contribution in [0.25, 0.3) is 11.2 Å². The summed E-state index contributed by atoms with van der Waals surface area (Å²) in [6.45, 7) is 0. The van der Waals surface area contributed by atoms with Gasteiger partial charge in [0.25, 0.3) is 0 Å². The lowest BCUT2D eigenvalue weighted by molar-refractivity contribution is -0.133. The quantitative estimate of drug-likeness (QED) is 0.859. The number of carbonyl (C=O) groups is 1. The first kappa shape index (κ1) is 15.0. The molecule has 0 aliphatic carbocycles. The van der Waals surface area contributed by atoms with Crippen LogP contribution in [0, 0.1) is 0 Å². The molecule has 0 radical (unpaired) electrons. The van der Waals surface area contributed by atoms with Crippen molar-refractivity contribution in [1.82, 2.24) is 14.5 Å². The Morgan fingerprint density at radius 2 is 2.48 bits per heavy atom. The molecule has 1 fully saturated rings. The zero-order valence-electron chi connectivity index (χ0n) is 11.2. The van der Waals surface area contributed by atoms with Crippen molar-refractivity contribution in [2.75, 3.05) is 17.3 Å². The van der Waals surface area contributed by atoms with E-state index >= 15 is 0 Å². The average Bonchev–Trinajstić information content (AvgIpc) is 2.83. The van der Waals surface area contributed by atoms with Gasteiger partial charge in [0.05, 0.1) is 10.8 Å². The fraction of sp³-hybridized carbons (Fsp3) is 0.462. The Labute approximate surface area is 135 Å². The van der Waals surface area contributed by atoms with Crippen molar-refractivity contribution >= 4 is 52.3 Å². The number of rotatable bonds is 4. The lowest BCUT2D eigenvalue weighted by atomic mass is 10.2. The SMILES string of the molecule is O=C(O)CSc1nc2cc(Cl)cnc2n1C1CCCSC1. The first-order valence-corrected chi connectivity index (χ1v) is 9.13. The molecule has 1 saturated heterocycles. The topological polar surface area (TPSA) is 68.0 Å². The number of imidazole rings is 1. The standard InChI is InChI=1S/C13H14ClN3O2S2/c14-8-4-10-12(15-5-8)17(9-2-1-3-20-6-9)13(16-10)21-7-11(18)19/h4-5,9H,1-3,6-7H2,(H,18,19). The number of aliphatic carboxylic acids is 1. The fourth-order valence-electron chi connectivity index (χ4n) is 2.42. The molecule has 2 aromatic heterocycles. The highest BCUT2D eigenvalue weighted by Crippen LogP contribution is 2.34. The van der Waals surface area contributed by atoms with Gasteiger partial charge in [-0.3, -0.25) is 9.36 Å². The van der Waals surface area contributed by atoms with Gasteiger partial charge in [-0.25, -0.2) is 9.97 Å². The van der Waals surface area contributed by atoms with E-state index in [1.807, 2.05) is 11.8 Å². The van der Waals surface area contributed by atoms with Crippen molar-refractivity contribution < 1.29 is 9.90 Å². The molecule has 0 bridgehead atoms. The summed E-state index contributed by atoms with van der Waals surface area (Å²) in [7, 11) is 0. The third kappa shape index (κ3) is 3.30. The Kier molecular flexibility index (Phi) is 4.61. The fourth-order valence-corrected chi connectivity index (χ4v) is 4.49. The summed E-state index contributed by atoms with van der Waals surface area (Å²) in [5.74, 6) is 1.34. The molecule has 1 aliphatic heterocycles. The molecule has 3 rings (SSSR count). The summed E-state index contributed by atoms with van der Waals surface area (Å²) in [5.41, 5.74) is 1.52. The largest absolute Gasteiger partial charge is 0.481 e. The second-order valence-electron chi connectivity index (χ2n) is 4.81. The Hall–Kier alpha value is -0.920. The van der Waals surface area contributed by atoms with Gasteiger partial charge in [-0.15, -0.1) is 0 Å². The number of hydrogen-bond donors (Lipinski definition) is 1. The smallest absolute Gasteiger partial charge is 0.313 e. The molecule has 1 aliphatic rings. The van der Waals surface area contributed by atoms with E-state index in [2.05, 4.69) is 14.5 Å². The Morgan fingerprint density at radius 3 is 3.19 bits per heavy atom. The molecule has 21 heavy (non-hydrogen) atoms. The molecule has 1 atom stereocenters. The van der Waals surface area contributed by atoms with Crippen LogP contribution in [0.15, 0.2) is 17.4 Å². The van der Waals surface area contributed by atoms with Gasteiger partial charge in [0.1, 0.15) is 5.52 Å². The van der Waals surface area contributed by atoms with Crippen molar-refractivity contribution in [3.63, 3.8) is 0 Å². The molecule has 8 heteroatoms. The van der Waals surface area contributed by atoms with Gasteiger partial charge < -0.3 is 5.11 Å². The summed E-state index contributed by atoms with van der Waals surface area (Å²) in [4.78, 5) is 19.8. The predicted octanol–water partition coefficient (Wildman–Crippen LogP) is 3.33. The predicted molar refractivity (Wildman–Crippen MR) is 86.5 cm³/mol. The molecule has 0 amide bonds. The number of carboxylic acids is 1. The van der Waals surface area contributed by atoms with Crippen LogP contribution in [-0.4, -0.2) is 42.9 Å². The first-order chi connectivity index (χ1) is 10.1. The highest BCUT2D eigenvalue weighted by Gasteiger charge is 2.23. The van der Waals surface area contributed by atoms with E-state index in [9.17, 15) is 4.79 Å². The van der Waals surface area contributed by atoms with Gasteiger partial charge in [0.2, 0.25) is 0 Å². The number of thioether (sulfide) groups is 2. The minimum atomic E-state index is -0.845. The monoisotopic (exact) mass is 343 g/mol. The molecule has 3 heterocycles. The van der Waals surface area contributed by atoms with E-state index < -0.39 is 5.97 Å². The molecule has 1 unspecified atom stereocenters. The molecule has 5 nitrogen and oxygen atoms in total. The number of halogens is 1.